The molecule has 0 unspecified atom stereocenters. The number of nitrogens with one attached hydrogen (secondary N) is 1. The lowest BCUT2D eigenvalue weighted by molar-refractivity contribution is 0.306. The summed E-state index contributed by atoms with van der Waals surface area (Å²) in [5, 5.41) is 7.37. The van der Waals surface area contributed by atoms with E-state index < -0.39 is 0 Å². The predicted molar refractivity (Wildman–Crippen MR) is 96.7 cm³/mol. The van der Waals surface area contributed by atoms with Crippen molar-refractivity contribution in [3.63, 3.8) is 0 Å². The van der Waals surface area contributed by atoms with E-state index in [1.807, 2.05) is 35.7 Å². The molecule has 118 valence electrons. The fourth-order valence-electron chi connectivity index (χ4n) is 1.99. The number of hydrogen-bond donors (Lipinski definition) is 1. The van der Waals surface area contributed by atoms with Gasteiger partial charge in [-0.1, -0.05) is 41.4 Å². The van der Waals surface area contributed by atoms with Gasteiger partial charge in [-0.25, -0.2) is 4.98 Å². The molecule has 1 aromatic heterocycles. The maximum atomic E-state index is 6.13. The summed E-state index contributed by atoms with van der Waals surface area (Å²) in [5.41, 5.74) is 2.07. The van der Waals surface area contributed by atoms with E-state index in [0.29, 0.717) is 16.7 Å². The Morgan fingerprint density at radius 2 is 1.91 bits per heavy atom. The lowest BCUT2D eigenvalue weighted by Gasteiger charge is -2.09. The predicted octanol–water partition coefficient (Wildman–Crippen LogP) is 5.64. The number of halogens is 2. The third-order valence-electron chi connectivity index (χ3n) is 3.21. The lowest BCUT2D eigenvalue weighted by Crippen LogP contribution is -1.99. The van der Waals surface area contributed by atoms with Crippen molar-refractivity contribution in [3.8, 4) is 5.75 Å². The van der Waals surface area contributed by atoms with Crippen LogP contribution in [-0.2, 0) is 13.2 Å². The molecule has 0 aliphatic heterocycles. The van der Waals surface area contributed by atoms with Gasteiger partial charge in [0.25, 0.3) is 0 Å². The van der Waals surface area contributed by atoms with Crippen molar-refractivity contribution < 1.29 is 4.74 Å². The largest absolute Gasteiger partial charge is 0.489 e. The van der Waals surface area contributed by atoms with Crippen LogP contribution >= 0.6 is 34.5 Å². The zero-order valence-electron chi connectivity index (χ0n) is 12.1. The topological polar surface area (TPSA) is 34.1 Å². The first-order valence-electron chi connectivity index (χ1n) is 7.00. The van der Waals surface area contributed by atoms with Crippen molar-refractivity contribution in [1.29, 1.82) is 0 Å². The van der Waals surface area contributed by atoms with Crippen LogP contribution in [-0.4, -0.2) is 4.98 Å². The van der Waals surface area contributed by atoms with E-state index in [9.17, 15) is 0 Å². The molecular weight excluding hydrogens is 351 g/mol. The van der Waals surface area contributed by atoms with Crippen molar-refractivity contribution in [2.45, 2.75) is 13.2 Å². The molecule has 0 radical (unpaired) electrons. The van der Waals surface area contributed by atoms with E-state index in [2.05, 4.69) is 10.3 Å². The van der Waals surface area contributed by atoms with Crippen LogP contribution in [0.1, 0.15) is 11.1 Å². The number of ether oxygens (including phenoxy) is 1. The van der Waals surface area contributed by atoms with Gasteiger partial charge in [0.2, 0.25) is 0 Å². The van der Waals surface area contributed by atoms with Gasteiger partial charge in [0.05, 0.1) is 0 Å². The molecule has 0 saturated heterocycles. The SMILES string of the molecule is Clc1ccc(COc2ccc(CNc3nccs3)cc2)c(Cl)c1. The molecule has 3 nitrogen and oxygen atoms in total. The molecule has 0 aliphatic carbocycles. The molecule has 0 amide bonds. The van der Waals surface area contributed by atoms with Gasteiger partial charge in [0.15, 0.2) is 5.13 Å². The smallest absolute Gasteiger partial charge is 0.182 e. The quantitative estimate of drug-likeness (QED) is 0.614. The summed E-state index contributed by atoms with van der Waals surface area (Å²) >= 11 is 13.6. The van der Waals surface area contributed by atoms with Crippen molar-refractivity contribution >= 4 is 39.7 Å². The third-order valence-corrected chi connectivity index (χ3v) is 4.53. The normalized spacial score (nSPS) is 10.5. The first kappa shape index (κ1) is 16.1. The Morgan fingerprint density at radius 3 is 2.61 bits per heavy atom. The maximum Gasteiger partial charge on any atom is 0.182 e. The lowest BCUT2D eigenvalue weighted by atomic mass is 10.2. The second-order valence-electron chi connectivity index (χ2n) is 4.86. The Labute approximate surface area is 148 Å². The van der Waals surface area contributed by atoms with Gasteiger partial charge >= 0.3 is 0 Å². The fraction of sp³-hybridized carbons (Fsp3) is 0.118. The van der Waals surface area contributed by atoms with Crippen LogP contribution in [0, 0.1) is 0 Å². The van der Waals surface area contributed by atoms with Gasteiger partial charge in [-0.3, -0.25) is 0 Å². The van der Waals surface area contributed by atoms with Crippen LogP contribution in [0.3, 0.4) is 0 Å². The van der Waals surface area contributed by atoms with Crippen molar-refractivity contribution in [3.05, 3.63) is 75.2 Å². The number of aromatic nitrogens is 1. The minimum atomic E-state index is 0.409. The molecule has 1 heterocycles. The first-order chi connectivity index (χ1) is 11.2. The highest BCUT2D eigenvalue weighted by atomic mass is 35.5. The number of hydrogen-bond acceptors (Lipinski definition) is 4. The van der Waals surface area contributed by atoms with Crippen LogP contribution in [0.15, 0.2) is 54.0 Å². The third kappa shape index (κ3) is 4.61. The van der Waals surface area contributed by atoms with Gasteiger partial charge in [-0.15, -0.1) is 11.3 Å². The molecule has 1 N–H and O–H groups in total. The molecule has 6 heteroatoms. The highest BCUT2D eigenvalue weighted by molar-refractivity contribution is 7.13. The van der Waals surface area contributed by atoms with E-state index in [1.54, 1.807) is 29.7 Å². The second kappa shape index (κ2) is 7.68. The Morgan fingerprint density at radius 1 is 1.09 bits per heavy atom. The summed E-state index contributed by atoms with van der Waals surface area (Å²) in [6, 6.07) is 13.3. The standard InChI is InChI=1S/C17H14Cl2N2OS/c18-14-4-3-13(16(19)9-14)11-22-15-5-1-12(2-6-15)10-21-17-20-7-8-23-17/h1-9H,10-11H2,(H,20,21). The van der Waals surface area contributed by atoms with E-state index in [-0.39, 0.29) is 0 Å². The van der Waals surface area contributed by atoms with Crippen LogP contribution in [0.4, 0.5) is 5.13 Å². The molecule has 0 bridgehead atoms. The summed E-state index contributed by atoms with van der Waals surface area (Å²) in [6.07, 6.45) is 1.78. The number of rotatable bonds is 6. The van der Waals surface area contributed by atoms with Crippen LogP contribution in [0.5, 0.6) is 5.75 Å². The van der Waals surface area contributed by atoms with Crippen molar-refractivity contribution in [1.82, 2.24) is 4.98 Å². The summed E-state index contributed by atoms with van der Waals surface area (Å²) in [5.74, 6) is 0.800. The zero-order chi connectivity index (χ0) is 16.1. The van der Waals surface area contributed by atoms with Crippen molar-refractivity contribution in [2.24, 2.45) is 0 Å². The Hall–Kier alpha value is -1.75. The molecule has 0 saturated carbocycles. The molecule has 0 aliphatic rings. The summed E-state index contributed by atoms with van der Waals surface area (Å²) < 4.78 is 5.76. The average molecular weight is 365 g/mol. The van der Waals surface area contributed by atoms with Crippen LogP contribution in [0.2, 0.25) is 10.0 Å². The summed E-state index contributed by atoms with van der Waals surface area (Å²) in [7, 11) is 0. The zero-order valence-corrected chi connectivity index (χ0v) is 14.5. The Kier molecular flexibility index (Phi) is 5.39. The molecule has 2 aromatic carbocycles. The molecule has 0 fully saturated rings. The van der Waals surface area contributed by atoms with Crippen molar-refractivity contribution in [2.75, 3.05) is 5.32 Å². The number of thiazole rings is 1. The van der Waals surface area contributed by atoms with E-state index >= 15 is 0 Å². The fourth-order valence-corrected chi connectivity index (χ4v) is 2.98. The minimum absolute atomic E-state index is 0.409. The number of anilines is 1. The maximum absolute atomic E-state index is 6.13. The van der Waals surface area contributed by atoms with Crippen LogP contribution < -0.4 is 10.1 Å². The highest BCUT2D eigenvalue weighted by Crippen LogP contribution is 2.23. The average Bonchev–Trinajstić information content (AvgIpc) is 3.07. The number of nitrogens with zero attached hydrogens (tertiary/aromatic N) is 1. The van der Waals surface area contributed by atoms with Gasteiger partial charge in [-0.05, 0) is 29.8 Å². The van der Waals surface area contributed by atoms with Gasteiger partial charge < -0.3 is 10.1 Å². The number of benzene rings is 2. The highest BCUT2D eigenvalue weighted by Gasteiger charge is 2.03. The second-order valence-corrected chi connectivity index (χ2v) is 6.60. The van der Waals surface area contributed by atoms with E-state index in [4.69, 9.17) is 27.9 Å². The minimum Gasteiger partial charge on any atom is -0.489 e. The molecule has 0 spiro atoms. The summed E-state index contributed by atoms with van der Waals surface area (Å²) in [4.78, 5) is 4.19. The molecule has 3 rings (SSSR count). The molecule has 3 aromatic rings. The van der Waals surface area contributed by atoms with E-state index in [1.165, 1.54) is 0 Å². The molecule has 0 atom stereocenters. The summed E-state index contributed by atoms with van der Waals surface area (Å²) in [6.45, 7) is 1.14. The van der Waals surface area contributed by atoms with Gasteiger partial charge in [0, 0.05) is 33.7 Å². The Balaban J connectivity index is 1.54. The molecular formula is C17H14Cl2N2OS. The van der Waals surface area contributed by atoms with Crippen LogP contribution in [0.25, 0.3) is 0 Å². The molecule has 23 heavy (non-hydrogen) atoms. The Bertz CT molecular complexity index is 761. The van der Waals surface area contributed by atoms with E-state index in [0.717, 1.165) is 28.6 Å². The monoisotopic (exact) mass is 364 g/mol. The van der Waals surface area contributed by atoms with Gasteiger partial charge in [-0.2, -0.15) is 0 Å². The first-order valence-corrected chi connectivity index (χ1v) is 8.63. The van der Waals surface area contributed by atoms with Gasteiger partial charge in [0.1, 0.15) is 12.4 Å².